The van der Waals surface area contributed by atoms with Crippen LogP contribution in [0.1, 0.15) is 70.0 Å². The van der Waals surface area contributed by atoms with Crippen LogP contribution in [0.4, 0.5) is 10.1 Å². The number of hydrogen-bond donors (Lipinski definition) is 1. The number of hydrogen-bond acceptors (Lipinski definition) is 10. The van der Waals surface area contributed by atoms with Gasteiger partial charge in [0.2, 0.25) is 0 Å². The van der Waals surface area contributed by atoms with Crippen molar-refractivity contribution < 1.29 is 36.3 Å². The Hall–Kier alpha value is -3.76. The molecule has 1 N–H and O–H groups in total. The average molecular weight is 760 g/mol. The lowest BCUT2D eigenvalue weighted by molar-refractivity contribution is 0.0726. The van der Waals surface area contributed by atoms with Crippen LogP contribution in [0, 0.1) is 12.7 Å². The molecule has 0 aliphatic carbocycles. The van der Waals surface area contributed by atoms with Crippen LogP contribution in [-0.4, -0.2) is 106 Å². The summed E-state index contributed by atoms with van der Waals surface area (Å²) in [5.74, 6) is -2.95. The molecule has 3 saturated heterocycles. The van der Waals surface area contributed by atoms with Gasteiger partial charge in [-0.3, -0.25) is 14.5 Å². The first kappa shape index (κ1) is 36.6. The van der Waals surface area contributed by atoms with Crippen molar-refractivity contribution in [1.82, 2.24) is 18.8 Å². The van der Waals surface area contributed by atoms with Gasteiger partial charge in [-0.2, -0.15) is 12.7 Å². The molecule has 0 radical (unpaired) electrons. The number of methoxy groups -OCH3 is 1. The molecule has 52 heavy (non-hydrogen) atoms. The van der Waals surface area contributed by atoms with Gasteiger partial charge in [-0.25, -0.2) is 13.9 Å². The van der Waals surface area contributed by atoms with Gasteiger partial charge in [0.1, 0.15) is 17.1 Å². The Morgan fingerprint density at radius 3 is 2.44 bits per heavy atom. The summed E-state index contributed by atoms with van der Waals surface area (Å²) in [6.45, 7) is 6.50. The van der Waals surface area contributed by atoms with Crippen LogP contribution >= 0.6 is 11.6 Å². The third-order valence-corrected chi connectivity index (χ3v) is 12.9. The Bertz CT molecular complexity index is 2090. The number of ether oxygens (including phenoxy) is 2. The number of benzene rings is 2. The van der Waals surface area contributed by atoms with Crippen LogP contribution in [0.25, 0.3) is 11.0 Å². The molecule has 3 aromatic rings. The molecule has 1 atom stereocenters. The molecule has 1 aromatic heterocycles. The third kappa shape index (κ3) is 6.44. The normalized spacial score (nSPS) is 22.2. The van der Waals surface area contributed by atoms with Crippen molar-refractivity contribution in [2.45, 2.75) is 70.6 Å². The summed E-state index contributed by atoms with van der Waals surface area (Å²) >= 11 is 6.93. The Morgan fingerprint density at radius 1 is 1.06 bits per heavy atom. The second-order valence-corrected chi connectivity index (χ2v) is 16.0. The number of aryl methyl sites for hydroxylation is 1. The maximum atomic E-state index is 15.7. The summed E-state index contributed by atoms with van der Waals surface area (Å²) in [5.41, 5.74) is 1.65. The fourth-order valence-electron chi connectivity index (χ4n) is 8.36. The number of amides is 2. The summed E-state index contributed by atoms with van der Waals surface area (Å²) in [7, 11) is -0.434. The lowest BCUT2D eigenvalue weighted by Crippen LogP contribution is -2.53. The van der Waals surface area contributed by atoms with Crippen molar-refractivity contribution in [3.8, 4) is 5.75 Å². The maximum Gasteiger partial charge on any atom is 0.341 e. The average Bonchev–Trinajstić information content (AvgIpc) is 3.73. The Labute approximate surface area is 306 Å². The number of anilines is 1. The van der Waals surface area contributed by atoms with Gasteiger partial charge in [0.05, 0.1) is 47.5 Å². The van der Waals surface area contributed by atoms with Gasteiger partial charge in [-0.1, -0.05) is 11.6 Å². The molecule has 13 nitrogen and oxygen atoms in total. The summed E-state index contributed by atoms with van der Waals surface area (Å²) in [5, 5.41) is 1.04. The molecule has 16 heteroatoms. The molecule has 2 bridgehead atoms. The van der Waals surface area contributed by atoms with E-state index < -0.39 is 33.5 Å². The summed E-state index contributed by atoms with van der Waals surface area (Å²) in [4.78, 5) is 46.4. The number of likely N-dealkylation sites (N-methyl/N-ethyl adjacent to an activating group) is 1. The van der Waals surface area contributed by atoms with Gasteiger partial charge in [0.15, 0.2) is 0 Å². The fraction of sp³-hybridized carbons (Fsp3) is 0.528. The largest absolute Gasteiger partial charge is 0.493 e. The van der Waals surface area contributed by atoms with Gasteiger partial charge in [-0.05, 0) is 76.8 Å². The minimum Gasteiger partial charge on any atom is -0.493 e. The quantitative estimate of drug-likeness (QED) is 0.320. The van der Waals surface area contributed by atoms with E-state index in [1.165, 1.54) is 9.21 Å². The zero-order chi connectivity index (χ0) is 37.1. The standard InChI is InChI=1S/C36H43ClFN5O8S/c1-5-50-31-15-25(29(38)14-26(31)34(44)39-52(47,48)43-21-6-7-22(43)9-8-21)35(45)42-11-10-24-27(18-42)36(46)51-33-20(2)30(16-28(37)32(24)33)41-13-12-40(3)23(17-41)19-49-4/h14-16,21-23H,5-13,17-19H2,1-4H3,(H,39,44). The highest BCUT2D eigenvalue weighted by molar-refractivity contribution is 7.87. The van der Waals surface area contributed by atoms with Gasteiger partial charge >= 0.3 is 15.8 Å². The van der Waals surface area contributed by atoms with Crippen molar-refractivity contribution in [1.29, 1.82) is 0 Å². The predicted octanol–water partition coefficient (Wildman–Crippen LogP) is 3.86. The van der Waals surface area contributed by atoms with Gasteiger partial charge in [0.25, 0.3) is 11.8 Å². The van der Waals surface area contributed by atoms with Crippen LogP contribution in [0.5, 0.6) is 5.75 Å². The van der Waals surface area contributed by atoms with Gasteiger partial charge < -0.3 is 23.7 Å². The van der Waals surface area contributed by atoms with Crippen LogP contribution < -0.4 is 20.0 Å². The van der Waals surface area contributed by atoms with Crippen LogP contribution in [0.3, 0.4) is 0 Å². The molecule has 5 heterocycles. The number of rotatable bonds is 9. The minimum absolute atomic E-state index is 0.0677. The molecule has 4 aliphatic rings. The molecule has 2 aromatic carbocycles. The second-order valence-electron chi connectivity index (χ2n) is 14.1. The first-order valence-corrected chi connectivity index (χ1v) is 19.5. The van der Waals surface area contributed by atoms with E-state index >= 15 is 4.39 Å². The van der Waals surface area contributed by atoms with Gasteiger partial charge in [0, 0.05) is 62.0 Å². The number of nitrogens with one attached hydrogen (secondary N) is 1. The number of halogens is 2. The van der Waals surface area contributed by atoms with Crippen molar-refractivity contribution >= 4 is 50.3 Å². The summed E-state index contributed by atoms with van der Waals surface area (Å²) in [6.07, 6.45) is 3.19. The number of fused-ring (bicyclic) bond motifs is 5. The Kier molecular flexibility index (Phi) is 10.0. The molecule has 3 fully saturated rings. The Balaban J connectivity index is 1.14. The number of piperazine rings is 1. The van der Waals surface area contributed by atoms with Crippen LogP contribution in [0.2, 0.25) is 5.02 Å². The zero-order valence-corrected chi connectivity index (χ0v) is 31.2. The Morgan fingerprint density at radius 2 is 1.77 bits per heavy atom. The van der Waals surface area contributed by atoms with E-state index in [1.807, 2.05) is 13.0 Å². The molecule has 4 aliphatic heterocycles. The van der Waals surface area contributed by atoms with Crippen molar-refractivity contribution in [2.75, 3.05) is 58.5 Å². The van der Waals surface area contributed by atoms with Crippen LogP contribution in [-0.2, 0) is 27.9 Å². The van der Waals surface area contributed by atoms with Crippen molar-refractivity contribution in [2.24, 2.45) is 0 Å². The number of nitrogens with zero attached hydrogens (tertiary/aromatic N) is 4. The monoisotopic (exact) mass is 759 g/mol. The highest BCUT2D eigenvalue weighted by atomic mass is 35.5. The van der Waals surface area contributed by atoms with E-state index in [1.54, 1.807) is 14.0 Å². The van der Waals surface area contributed by atoms with E-state index in [4.69, 9.17) is 25.5 Å². The molecule has 1 unspecified atom stereocenters. The molecular formula is C36H43ClFN5O8S. The SMILES string of the molecule is CCOc1cc(C(=O)N2CCc3c(c(=O)oc4c(C)c(N5CCN(C)C(COC)C5)cc(Cl)c34)C2)c(F)cc1C(=O)NS(=O)(=O)N1C2CCC1CC2. The van der Waals surface area contributed by atoms with Gasteiger partial charge in [-0.15, -0.1) is 0 Å². The number of carbonyl (C=O) groups excluding carboxylic acids is 2. The zero-order valence-electron chi connectivity index (χ0n) is 29.7. The smallest absolute Gasteiger partial charge is 0.341 e. The second kappa shape index (κ2) is 14.2. The lowest BCUT2D eigenvalue weighted by Gasteiger charge is -2.41. The number of carbonyl (C=O) groups is 2. The third-order valence-electron chi connectivity index (χ3n) is 11.0. The van der Waals surface area contributed by atoms with E-state index in [-0.39, 0.29) is 66.7 Å². The summed E-state index contributed by atoms with van der Waals surface area (Å²) < 4.78 is 62.4. The van der Waals surface area contributed by atoms with E-state index in [0.717, 1.165) is 62.2 Å². The fourth-order valence-corrected chi connectivity index (χ4v) is 10.3. The topological polar surface area (TPSA) is 142 Å². The molecule has 280 valence electrons. The lowest BCUT2D eigenvalue weighted by atomic mass is 9.94. The minimum atomic E-state index is -4.18. The summed E-state index contributed by atoms with van der Waals surface area (Å²) in [6, 6.07) is 3.68. The van der Waals surface area contributed by atoms with E-state index in [9.17, 15) is 22.8 Å². The molecule has 0 saturated carbocycles. The molecule has 7 rings (SSSR count). The van der Waals surface area contributed by atoms with Crippen molar-refractivity contribution in [3.63, 3.8) is 0 Å². The van der Waals surface area contributed by atoms with Crippen molar-refractivity contribution in [3.05, 3.63) is 67.3 Å². The molecule has 2 amide bonds. The van der Waals surface area contributed by atoms with Crippen LogP contribution in [0.15, 0.2) is 27.4 Å². The predicted molar refractivity (Wildman–Crippen MR) is 193 cm³/mol. The molecular weight excluding hydrogens is 717 g/mol. The van der Waals surface area contributed by atoms with E-state index in [2.05, 4.69) is 21.6 Å². The highest BCUT2D eigenvalue weighted by Crippen LogP contribution is 2.40. The maximum absolute atomic E-state index is 15.7. The first-order chi connectivity index (χ1) is 24.8. The first-order valence-electron chi connectivity index (χ1n) is 17.7. The van der Waals surface area contributed by atoms with E-state index in [0.29, 0.717) is 34.7 Å². The highest BCUT2D eigenvalue weighted by Gasteiger charge is 2.47. The molecule has 0 spiro atoms.